The van der Waals surface area contributed by atoms with E-state index >= 15 is 0 Å². The third-order valence-electron chi connectivity index (χ3n) is 4.25. The molecule has 0 aliphatic heterocycles. The summed E-state index contributed by atoms with van der Waals surface area (Å²) in [5.74, 6) is 0.690. The molecule has 2 aromatic heterocycles. The SMILES string of the molecule is C[C@H](c1ccco1)N(C)Cc1cccc(C(=O)Nc2sccc2C#N)c1. The molecule has 0 bridgehead atoms. The quantitative estimate of drug-likeness (QED) is 0.690. The van der Waals surface area contributed by atoms with Crippen LogP contribution in [0.1, 0.15) is 40.2 Å². The lowest BCUT2D eigenvalue weighted by atomic mass is 10.1. The van der Waals surface area contributed by atoms with Crippen molar-refractivity contribution < 1.29 is 9.21 Å². The second-order valence-corrected chi connectivity index (χ2v) is 6.95. The summed E-state index contributed by atoms with van der Waals surface area (Å²) in [6.45, 7) is 2.76. The molecule has 0 aliphatic rings. The molecule has 0 spiro atoms. The number of carbonyl (C=O) groups excluding carboxylic acids is 1. The van der Waals surface area contributed by atoms with Gasteiger partial charge in [0.05, 0.1) is 17.9 Å². The van der Waals surface area contributed by atoms with Gasteiger partial charge in [-0.2, -0.15) is 5.26 Å². The predicted molar refractivity (Wildman–Crippen MR) is 102 cm³/mol. The number of thiophene rings is 1. The summed E-state index contributed by atoms with van der Waals surface area (Å²) in [6, 6.07) is 15.3. The van der Waals surface area contributed by atoms with Crippen molar-refractivity contribution in [3.05, 3.63) is 76.6 Å². The number of amides is 1. The van der Waals surface area contributed by atoms with Gasteiger partial charge in [-0.25, -0.2) is 0 Å². The van der Waals surface area contributed by atoms with Crippen LogP contribution in [0.3, 0.4) is 0 Å². The Kier molecular flexibility index (Phi) is 5.52. The Hall–Kier alpha value is -2.88. The average molecular weight is 365 g/mol. The van der Waals surface area contributed by atoms with Crippen molar-refractivity contribution in [1.82, 2.24) is 4.90 Å². The lowest BCUT2D eigenvalue weighted by Gasteiger charge is -2.23. The second-order valence-electron chi connectivity index (χ2n) is 6.04. The maximum Gasteiger partial charge on any atom is 0.256 e. The van der Waals surface area contributed by atoms with E-state index in [-0.39, 0.29) is 11.9 Å². The van der Waals surface area contributed by atoms with E-state index in [2.05, 4.69) is 23.2 Å². The van der Waals surface area contributed by atoms with Crippen molar-refractivity contribution in [2.45, 2.75) is 19.5 Å². The molecule has 1 N–H and O–H groups in total. The van der Waals surface area contributed by atoms with Crippen LogP contribution in [0, 0.1) is 11.3 Å². The van der Waals surface area contributed by atoms with E-state index in [9.17, 15) is 4.79 Å². The van der Waals surface area contributed by atoms with Crippen LogP contribution >= 0.6 is 11.3 Å². The van der Waals surface area contributed by atoms with E-state index in [0.29, 0.717) is 22.7 Å². The molecule has 5 nitrogen and oxygen atoms in total. The zero-order valence-corrected chi connectivity index (χ0v) is 15.4. The maximum absolute atomic E-state index is 12.5. The summed E-state index contributed by atoms with van der Waals surface area (Å²) in [5.41, 5.74) is 2.08. The zero-order valence-electron chi connectivity index (χ0n) is 14.6. The molecule has 0 saturated heterocycles. The van der Waals surface area contributed by atoms with Gasteiger partial charge < -0.3 is 9.73 Å². The fourth-order valence-corrected chi connectivity index (χ4v) is 3.38. The Labute approximate surface area is 156 Å². The molecule has 3 aromatic rings. The molecule has 0 fully saturated rings. The van der Waals surface area contributed by atoms with Crippen LogP contribution in [-0.2, 0) is 6.54 Å². The van der Waals surface area contributed by atoms with Crippen molar-refractivity contribution in [3.8, 4) is 6.07 Å². The summed E-state index contributed by atoms with van der Waals surface area (Å²) < 4.78 is 5.47. The van der Waals surface area contributed by atoms with E-state index in [1.807, 2.05) is 37.4 Å². The van der Waals surface area contributed by atoms with Crippen LogP contribution < -0.4 is 5.32 Å². The number of carbonyl (C=O) groups is 1. The fraction of sp³-hybridized carbons (Fsp3) is 0.200. The molecule has 1 amide bonds. The molecule has 0 radical (unpaired) electrons. The topological polar surface area (TPSA) is 69.3 Å². The van der Waals surface area contributed by atoms with Gasteiger partial charge in [0.25, 0.3) is 5.91 Å². The minimum Gasteiger partial charge on any atom is -0.468 e. The number of hydrogen-bond acceptors (Lipinski definition) is 5. The molecule has 0 unspecified atom stereocenters. The third kappa shape index (κ3) is 4.02. The van der Waals surface area contributed by atoms with Gasteiger partial charge in [-0.05, 0) is 55.2 Å². The Bertz CT molecular complexity index is 925. The van der Waals surface area contributed by atoms with Crippen molar-refractivity contribution in [2.75, 3.05) is 12.4 Å². The normalized spacial score (nSPS) is 11.9. The molecule has 2 heterocycles. The Morgan fingerprint density at radius 2 is 2.19 bits per heavy atom. The Morgan fingerprint density at radius 3 is 2.92 bits per heavy atom. The third-order valence-corrected chi connectivity index (χ3v) is 5.08. The smallest absolute Gasteiger partial charge is 0.256 e. The molecular formula is C20H19N3O2S. The van der Waals surface area contributed by atoms with Crippen LogP contribution in [0.25, 0.3) is 0 Å². The zero-order chi connectivity index (χ0) is 18.5. The number of nitriles is 1. The first-order valence-electron chi connectivity index (χ1n) is 8.20. The van der Waals surface area contributed by atoms with Gasteiger partial charge in [0, 0.05) is 12.1 Å². The van der Waals surface area contributed by atoms with Crippen LogP contribution in [0.2, 0.25) is 0 Å². The molecule has 0 saturated carbocycles. The van der Waals surface area contributed by atoms with Crippen molar-refractivity contribution in [1.29, 1.82) is 5.26 Å². The summed E-state index contributed by atoms with van der Waals surface area (Å²) in [5, 5.41) is 14.2. The summed E-state index contributed by atoms with van der Waals surface area (Å²) in [4.78, 5) is 14.7. The summed E-state index contributed by atoms with van der Waals surface area (Å²) >= 11 is 1.34. The number of nitrogens with one attached hydrogen (secondary N) is 1. The molecule has 1 aromatic carbocycles. The van der Waals surface area contributed by atoms with Crippen LogP contribution in [-0.4, -0.2) is 17.9 Å². The highest BCUT2D eigenvalue weighted by Gasteiger charge is 2.15. The van der Waals surface area contributed by atoms with E-state index < -0.39 is 0 Å². The number of anilines is 1. The van der Waals surface area contributed by atoms with Gasteiger partial charge in [0.2, 0.25) is 0 Å². The van der Waals surface area contributed by atoms with Gasteiger partial charge >= 0.3 is 0 Å². The van der Waals surface area contributed by atoms with Gasteiger partial charge in [-0.15, -0.1) is 11.3 Å². The summed E-state index contributed by atoms with van der Waals surface area (Å²) in [7, 11) is 2.02. The van der Waals surface area contributed by atoms with E-state index in [4.69, 9.17) is 9.68 Å². The Morgan fingerprint density at radius 1 is 1.35 bits per heavy atom. The standard InChI is InChI=1S/C20H19N3O2S/c1-14(18-7-4-9-25-18)23(2)13-15-5-3-6-16(11-15)19(24)22-20-17(12-21)8-10-26-20/h3-11,14H,13H2,1-2H3,(H,22,24)/t14-/m1/s1. The van der Waals surface area contributed by atoms with Crippen molar-refractivity contribution in [2.24, 2.45) is 0 Å². The second kappa shape index (κ2) is 8.00. The minimum atomic E-state index is -0.215. The molecule has 3 rings (SSSR count). The van der Waals surface area contributed by atoms with Gasteiger partial charge in [0.1, 0.15) is 16.8 Å². The van der Waals surface area contributed by atoms with E-state index in [1.54, 1.807) is 23.8 Å². The molecule has 26 heavy (non-hydrogen) atoms. The number of benzene rings is 1. The Balaban J connectivity index is 1.70. The average Bonchev–Trinajstić information content (AvgIpc) is 3.33. The predicted octanol–water partition coefficient (Wildman–Crippen LogP) is 4.66. The number of rotatable bonds is 6. The highest BCUT2D eigenvalue weighted by Crippen LogP contribution is 2.24. The first kappa shape index (κ1) is 17.9. The van der Waals surface area contributed by atoms with Crippen LogP contribution in [0.15, 0.2) is 58.5 Å². The molecule has 132 valence electrons. The van der Waals surface area contributed by atoms with E-state index in [0.717, 1.165) is 11.3 Å². The molecule has 0 aliphatic carbocycles. The van der Waals surface area contributed by atoms with Gasteiger partial charge in [-0.3, -0.25) is 9.69 Å². The first-order chi connectivity index (χ1) is 12.6. The largest absolute Gasteiger partial charge is 0.468 e. The fourth-order valence-electron chi connectivity index (χ4n) is 2.65. The van der Waals surface area contributed by atoms with Crippen LogP contribution in [0.5, 0.6) is 0 Å². The minimum absolute atomic E-state index is 0.131. The van der Waals surface area contributed by atoms with Crippen LogP contribution in [0.4, 0.5) is 5.00 Å². The molecule has 6 heteroatoms. The van der Waals surface area contributed by atoms with Gasteiger partial charge in [-0.1, -0.05) is 12.1 Å². The monoisotopic (exact) mass is 365 g/mol. The molecular weight excluding hydrogens is 346 g/mol. The van der Waals surface area contributed by atoms with Crippen molar-refractivity contribution >= 4 is 22.2 Å². The van der Waals surface area contributed by atoms with E-state index in [1.165, 1.54) is 11.3 Å². The number of hydrogen-bond donors (Lipinski definition) is 1. The molecule has 1 atom stereocenters. The number of nitrogens with zero attached hydrogens (tertiary/aromatic N) is 2. The maximum atomic E-state index is 12.5. The summed E-state index contributed by atoms with van der Waals surface area (Å²) in [6.07, 6.45) is 1.67. The first-order valence-corrected chi connectivity index (χ1v) is 9.08. The highest BCUT2D eigenvalue weighted by molar-refractivity contribution is 7.14. The lowest BCUT2D eigenvalue weighted by Crippen LogP contribution is -2.22. The number of furan rings is 1. The van der Waals surface area contributed by atoms with Crippen molar-refractivity contribution in [3.63, 3.8) is 0 Å². The lowest BCUT2D eigenvalue weighted by molar-refractivity contribution is 0.102. The highest BCUT2D eigenvalue weighted by atomic mass is 32.1. The van der Waals surface area contributed by atoms with Gasteiger partial charge in [0.15, 0.2) is 0 Å².